The molecule has 4 nitrogen and oxygen atoms in total. The molecule has 1 fully saturated rings. The summed E-state index contributed by atoms with van der Waals surface area (Å²) in [7, 11) is 3.86. The topological polar surface area (TPSA) is 58.4 Å². The molecule has 0 saturated heterocycles. The maximum Gasteiger partial charge on any atom is 0.219 e. The third kappa shape index (κ3) is 4.25. The molecule has 3 N–H and O–H groups in total. The Bertz CT molecular complexity index is 247. The normalized spacial score (nSPS) is 19.6. The van der Waals surface area contributed by atoms with Crippen LogP contribution < -0.4 is 11.1 Å². The molecule has 0 aromatic carbocycles. The van der Waals surface area contributed by atoms with Crippen LogP contribution in [0, 0.1) is 0 Å². The molecule has 0 unspecified atom stereocenters. The van der Waals surface area contributed by atoms with E-state index in [2.05, 4.69) is 17.3 Å². The van der Waals surface area contributed by atoms with Gasteiger partial charge < -0.3 is 11.1 Å². The second-order valence-corrected chi connectivity index (χ2v) is 5.54. The van der Waals surface area contributed by atoms with Gasteiger partial charge in [0, 0.05) is 25.6 Å². The van der Waals surface area contributed by atoms with Gasteiger partial charge in [0.15, 0.2) is 0 Å². The van der Waals surface area contributed by atoms with Gasteiger partial charge in [-0.2, -0.15) is 0 Å². The SMILES string of the molecule is CNC(=O)CCCN(C)C1(CN)CCCCCC1. The first-order valence-corrected chi connectivity index (χ1v) is 7.26. The zero-order valence-electron chi connectivity index (χ0n) is 12.0. The predicted molar refractivity (Wildman–Crippen MR) is 75.4 cm³/mol. The first-order chi connectivity index (χ1) is 8.64. The number of nitrogens with two attached hydrogens (primary N) is 1. The van der Waals surface area contributed by atoms with Crippen LogP contribution in [0.25, 0.3) is 0 Å². The Morgan fingerprint density at radius 1 is 1.28 bits per heavy atom. The zero-order chi connectivity index (χ0) is 13.4. The number of nitrogens with one attached hydrogen (secondary N) is 1. The highest BCUT2D eigenvalue weighted by atomic mass is 16.1. The van der Waals surface area contributed by atoms with E-state index in [-0.39, 0.29) is 11.4 Å². The highest BCUT2D eigenvalue weighted by molar-refractivity contribution is 5.75. The van der Waals surface area contributed by atoms with Gasteiger partial charge >= 0.3 is 0 Å². The Balaban J connectivity index is 2.44. The average Bonchev–Trinajstić information content (AvgIpc) is 2.64. The van der Waals surface area contributed by atoms with Gasteiger partial charge in [0.05, 0.1) is 0 Å². The van der Waals surface area contributed by atoms with Crippen molar-refractivity contribution in [1.82, 2.24) is 10.2 Å². The molecule has 1 aliphatic rings. The van der Waals surface area contributed by atoms with Crippen LogP contribution in [0.3, 0.4) is 0 Å². The van der Waals surface area contributed by atoms with E-state index >= 15 is 0 Å². The predicted octanol–water partition coefficient (Wildman–Crippen LogP) is 1.50. The highest BCUT2D eigenvalue weighted by Gasteiger charge is 2.33. The lowest BCUT2D eigenvalue weighted by Crippen LogP contribution is -2.52. The Morgan fingerprint density at radius 3 is 2.39 bits per heavy atom. The van der Waals surface area contributed by atoms with E-state index in [0.717, 1.165) is 19.5 Å². The molecule has 106 valence electrons. The second-order valence-electron chi connectivity index (χ2n) is 5.54. The van der Waals surface area contributed by atoms with E-state index < -0.39 is 0 Å². The molecule has 0 heterocycles. The summed E-state index contributed by atoms with van der Waals surface area (Å²) < 4.78 is 0. The zero-order valence-corrected chi connectivity index (χ0v) is 12.0. The number of nitrogens with zero attached hydrogens (tertiary/aromatic N) is 1. The molecule has 0 spiro atoms. The summed E-state index contributed by atoms with van der Waals surface area (Å²) in [6, 6.07) is 0. The molecular weight excluding hydrogens is 226 g/mol. The third-order valence-corrected chi connectivity index (χ3v) is 4.40. The largest absolute Gasteiger partial charge is 0.359 e. The average molecular weight is 255 g/mol. The molecule has 1 rings (SSSR count). The molecule has 1 saturated carbocycles. The molecule has 1 aliphatic carbocycles. The van der Waals surface area contributed by atoms with E-state index in [9.17, 15) is 4.79 Å². The van der Waals surface area contributed by atoms with Gasteiger partial charge in [0.1, 0.15) is 0 Å². The van der Waals surface area contributed by atoms with Crippen molar-refractivity contribution in [3.63, 3.8) is 0 Å². The number of carbonyl (C=O) groups excluding carboxylic acids is 1. The third-order valence-electron chi connectivity index (χ3n) is 4.40. The van der Waals surface area contributed by atoms with Gasteiger partial charge in [-0.25, -0.2) is 0 Å². The highest BCUT2D eigenvalue weighted by Crippen LogP contribution is 2.31. The van der Waals surface area contributed by atoms with Crippen LogP contribution in [-0.4, -0.2) is 43.5 Å². The van der Waals surface area contributed by atoms with Crippen LogP contribution >= 0.6 is 0 Å². The fourth-order valence-electron chi connectivity index (χ4n) is 2.97. The lowest BCUT2D eigenvalue weighted by Gasteiger charge is -2.41. The van der Waals surface area contributed by atoms with Gasteiger partial charge in [-0.1, -0.05) is 25.7 Å². The van der Waals surface area contributed by atoms with Crippen LogP contribution in [-0.2, 0) is 4.79 Å². The number of likely N-dealkylation sites (N-methyl/N-ethyl adjacent to an activating group) is 1. The maximum absolute atomic E-state index is 11.2. The summed E-state index contributed by atoms with van der Waals surface area (Å²) >= 11 is 0. The van der Waals surface area contributed by atoms with Crippen molar-refractivity contribution in [3.8, 4) is 0 Å². The first kappa shape index (κ1) is 15.4. The molecule has 0 radical (unpaired) electrons. The summed E-state index contributed by atoms with van der Waals surface area (Å²) in [5.41, 5.74) is 6.23. The van der Waals surface area contributed by atoms with Crippen molar-refractivity contribution >= 4 is 5.91 Å². The summed E-state index contributed by atoms with van der Waals surface area (Å²) in [6.07, 6.45) is 9.20. The van der Waals surface area contributed by atoms with Crippen molar-refractivity contribution in [2.24, 2.45) is 5.73 Å². The van der Waals surface area contributed by atoms with Crippen LogP contribution in [0.5, 0.6) is 0 Å². The standard InChI is InChI=1S/C14H29N3O/c1-16-13(18)8-7-11-17(2)14(12-15)9-5-3-4-6-10-14/h3-12,15H2,1-2H3,(H,16,18). The first-order valence-electron chi connectivity index (χ1n) is 7.26. The molecule has 0 aliphatic heterocycles. The van der Waals surface area contributed by atoms with E-state index in [1.807, 2.05) is 0 Å². The molecular formula is C14H29N3O. The number of hydrogen-bond donors (Lipinski definition) is 2. The minimum absolute atomic E-state index is 0.131. The number of hydrogen-bond acceptors (Lipinski definition) is 3. The Hall–Kier alpha value is -0.610. The molecule has 18 heavy (non-hydrogen) atoms. The smallest absolute Gasteiger partial charge is 0.219 e. The summed E-state index contributed by atoms with van der Waals surface area (Å²) in [4.78, 5) is 13.6. The van der Waals surface area contributed by atoms with Crippen LogP contribution in [0.4, 0.5) is 0 Å². The minimum Gasteiger partial charge on any atom is -0.359 e. The van der Waals surface area contributed by atoms with Gasteiger partial charge in [-0.05, 0) is 32.9 Å². The van der Waals surface area contributed by atoms with Gasteiger partial charge in [-0.15, -0.1) is 0 Å². The van der Waals surface area contributed by atoms with E-state index in [4.69, 9.17) is 5.73 Å². The van der Waals surface area contributed by atoms with E-state index in [0.29, 0.717) is 6.42 Å². The molecule has 0 bridgehead atoms. The Morgan fingerprint density at radius 2 is 1.89 bits per heavy atom. The number of amides is 1. The van der Waals surface area contributed by atoms with E-state index in [1.165, 1.54) is 38.5 Å². The number of rotatable bonds is 6. The fourth-order valence-corrected chi connectivity index (χ4v) is 2.97. The fraction of sp³-hybridized carbons (Fsp3) is 0.929. The van der Waals surface area contributed by atoms with Crippen molar-refractivity contribution in [2.75, 3.05) is 27.2 Å². The quantitative estimate of drug-likeness (QED) is 0.707. The van der Waals surface area contributed by atoms with Crippen LogP contribution in [0.2, 0.25) is 0 Å². The minimum atomic E-state index is 0.131. The molecule has 0 aromatic heterocycles. The van der Waals surface area contributed by atoms with Crippen molar-refractivity contribution in [1.29, 1.82) is 0 Å². The molecule has 0 atom stereocenters. The van der Waals surface area contributed by atoms with Crippen molar-refractivity contribution in [3.05, 3.63) is 0 Å². The lowest BCUT2D eigenvalue weighted by atomic mass is 9.88. The summed E-state index contributed by atoms with van der Waals surface area (Å²) in [5.74, 6) is 0.131. The maximum atomic E-state index is 11.2. The van der Waals surface area contributed by atoms with Gasteiger partial charge in [0.2, 0.25) is 5.91 Å². The van der Waals surface area contributed by atoms with Gasteiger partial charge in [0.25, 0.3) is 0 Å². The lowest BCUT2D eigenvalue weighted by molar-refractivity contribution is -0.120. The number of carbonyl (C=O) groups is 1. The van der Waals surface area contributed by atoms with Crippen LogP contribution in [0.15, 0.2) is 0 Å². The molecule has 4 heteroatoms. The van der Waals surface area contributed by atoms with Gasteiger partial charge in [-0.3, -0.25) is 9.69 Å². The Kier molecular flexibility index (Phi) is 6.65. The van der Waals surface area contributed by atoms with Crippen LogP contribution in [0.1, 0.15) is 51.4 Å². The second kappa shape index (κ2) is 7.74. The van der Waals surface area contributed by atoms with Crippen molar-refractivity contribution in [2.45, 2.75) is 56.9 Å². The summed E-state index contributed by atoms with van der Waals surface area (Å²) in [6.45, 7) is 1.70. The summed E-state index contributed by atoms with van der Waals surface area (Å²) in [5, 5.41) is 2.67. The molecule has 1 amide bonds. The van der Waals surface area contributed by atoms with E-state index in [1.54, 1.807) is 7.05 Å². The Labute approximate surface area is 111 Å². The monoisotopic (exact) mass is 255 g/mol. The molecule has 0 aromatic rings. The van der Waals surface area contributed by atoms with Crippen molar-refractivity contribution < 1.29 is 4.79 Å².